The normalized spacial score (nSPS) is 34.0. The second-order valence-corrected chi connectivity index (χ2v) is 3.86. The Morgan fingerprint density at radius 1 is 1.46 bits per heavy atom. The molecule has 2 saturated heterocycles. The summed E-state index contributed by atoms with van der Waals surface area (Å²) in [5, 5.41) is 6.04. The molecular weight excluding hydrogens is 168 g/mol. The summed E-state index contributed by atoms with van der Waals surface area (Å²) in [6.45, 7) is 2.91. The van der Waals surface area contributed by atoms with Crippen LogP contribution in [0.5, 0.6) is 0 Å². The summed E-state index contributed by atoms with van der Waals surface area (Å²) in [7, 11) is 0. The second kappa shape index (κ2) is 3.96. The van der Waals surface area contributed by atoms with Gasteiger partial charge in [-0.15, -0.1) is 0 Å². The van der Waals surface area contributed by atoms with E-state index in [0.29, 0.717) is 12.5 Å². The largest absolute Gasteiger partial charge is 0.444 e. The summed E-state index contributed by atoms with van der Waals surface area (Å²) in [6, 6.07) is 0. The quantitative estimate of drug-likeness (QED) is 0.656. The third kappa shape index (κ3) is 2.34. The smallest absolute Gasteiger partial charge is 0.407 e. The van der Waals surface area contributed by atoms with Crippen LogP contribution in [0.3, 0.4) is 0 Å². The van der Waals surface area contributed by atoms with Crippen molar-refractivity contribution in [2.75, 3.05) is 19.6 Å². The van der Waals surface area contributed by atoms with Crippen molar-refractivity contribution in [2.24, 2.45) is 5.92 Å². The van der Waals surface area contributed by atoms with Crippen molar-refractivity contribution in [3.8, 4) is 0 Å². The van der Waals surface area contributed by atoms with Gasteiger partial charge in [0.2, 0.25) is 0 Å². The number of piperidine rings is 1. The summed E-state index contributed by atoms with van der Waals surface area (Å²) in [5.41, 5.74) is 0. The lowest BCUT2D eigenvalue weighted by Crippen LogP contribution is -2.32. The minimum Gasteiger partial charge on any atom is -0.444 e. The molecule has 0 saturated carbocycles. The Labute approximate surface area is 78.0 Å². The zero-order chi connectivity index (χ0) is 9.10. The fraction of sp³-hybridized carbons (Fsp3) is 0.889. The van der Waals surface area contributed by atoms with Crippen LogP contribution in [0.15, 0.2) is 0 Å². The van der Waals surface area contributed by atoms with Crippen molar-refractivity contribution >= 4 is 6.09 Å². The molecule has 0 aromatic rings. The molecule has 1 amide bonds. The molecule has 2 unspecified atom stereocenters. The molecule has 0 radical (unpaired) electrons. The number of hydrogen-bond donors (Lipinski definition) is 2. The van der Waals surface area contributed by atoms with Gasteiger partial charge in [0.15, 0.2) is 0 Å². The van der Waals surface area contributed by atoms with Gasteiger partial charge in [-0.25, -0.2) is 4.79 Å². The SMILES string of the molecule is O=C1NCC(CC2CCCNC2)O1. The van der Waals surface area contributed by atoms with Crippen molar-refractivity contribution in [3.63, 3.8) is 0 Å². The summed E-state index contributed by atoms with van der Waals surface area (Å²) >= 11 is 0. The molecule has 0 bridgehead atoms. The standard InChI is InChI=1S/C9H16N2O2/c12-9-11-6-8(13-9)4-7-2-1-3-10-5-7/h7-8,10H,1-6H2,(H,11,12). The maximum absolute atomic E-state index is 10.7. The van der Waals surface area contributed by atoms with Crippen LogP contribution in [0.2, 0.25) is 0 Å². The molecule has 2 heterocycles. The molecule has 0 spiro atoms. The Kier molecular flexibility index (Phi) is 2.68. The molecule has 4 heteroatoms. The summed E-state index contributed by atoms with van der Waals surface area (Å²) in [5.74, 6) is 0.687. The van der Waals surface area contributed by atoms with Gasteiger partial charge in [-0.1, -0.05) is 0 Å². The maximum atomic E-state index is 10.7. The van der Waals surface area contributed by atoms with Gasteiger partial charge < -0.3 is 15.4 Å². The average molecular weight is 184 g/mol. The number of alkyl carbamates (subject to hydrolysis) is 1. The van der Waals surface area contributed by atoms with E-state index in [1.807, 2.05) is 0 Å². The zero-order valence-corrected chi connectivity index (χ0v) is 7.71. The van der Waals surface area contributed by atoms with Crippen molar-refractivity contribution in [2.45, 2.75) is 25.4 Å². The molecule has 2 aliphatic heterocycles. The fourth-order valence-electron chi connectivity index (χ4n) is 2.06. The molecule has 13 heavy (non-hydrogen) atoms. The van der Waals surface area contributed by atoms with Gasteiger partial charge in [-0.2, -0.15) is 0 Å². The number of amides is 1. The molecule has 0 aromatic heterocycles. The Bertz CT molecular complexity index is 190. The van der Waals surface area contributed by atoms with Crippen LogP contribution >= 0.6 is 0 Å². The average Bonchev–Trinajstić information content (AvgIpc) is 2.53. The molecule has 2 N–H and O–H groups in total. The fourth-order valence-corrected chi connectivity index (χ4v) is 2.06. The molecule has 0 aromatic carbocycles. The van der Waals surface area contributed by atoms with Gasteiger partial charge in [0.05, 0.1) is 6.54 Å². The van der Waals surface area contributed by atoms with Crippen molar-refractivity contribution in [3.05, 3.63) is 0 Å². The lowest BCUT2D eigenvalue weighted by atomic mass is 9.93. The van der Waals surface area contributed by atoms with E-state index >= 15 is 0 Å². The Hall–Kier alpha value is -0.770. The van der Waals surface area contributed by atoms with Crippen LogP contribution in [-0.4, -0.2) is 31.8 Å². The van der Waals surface area contributed by atoms with Crippen LogP contribution in [0, 0.1) is 5.92 Å². The molecule has 2 aliphatic rings. The molecular formula is C9H16N2O2. The predicted molar refractivity (Wildman–Crippen MR) is 48.5 cm³/mol. The molecule has 2 fully saturated rings. The Morgan fingerprint density at radius 2 is 2.38 bits per heavy atom. The van der Waals surface area contributed by atoms with Gasteiger partial charge >= 0.3 is 6.09 Å². The van der Waals surface area contributed by atoms with Gasteiger partial charge in [-0.3, -0.25) is 0 Å². The lowest BCUT2D eigenvalue weighted by molar-refractivity contribution is 0.121. The van der Waals surface area contributed by atoms with Crippen molar-refractivity contribution in [1.82, 2.24) is 10.6 Å². The zero-order valence-electron chi connectivity index (χ0n) is 7.71. The summed E-state index contributed by atoms with van der Waals surface area (Å²) in [4.78, 5) is 10.7. The highest BCUT2D eigenvalue weighted by atomic mass is 16.6. The Balaban J connectivity index is 1.73. The summed E-state index contributed by atoms with van der Waals surface area (Å²) < 4.78 is 5.09. The van der Waals surface area contributed by atoms with E-state index in [1.54, 1.807) is 0 Å². The number of hydrogen-bond acceptors (Lipinski definition) is 3. The number of nitrogens with one attached hydrogen (secondary N) is 2. The van der Waals surface area contributed by atoms with Crippen molar-refractivity contribution < 1.29 is 9.53 Å². The first-order valence-electron chi connectivity index (χ1n) is 5.00. The third-order valence-electron chi connectivity index (χ3n) is 2.74. The molecule has 0 aliphatic carbocycles. The molecule has 74 valence electrons. The van der Waals surface area contributed by atoms with Crippen LogP contribution < -0.4 is 10.6 Å². The first kappa shape index (κ1) is 8.81. The number of carbonyl (C=O) groups is 1. The minimum absolute atomic E-state index is 0.109. The Morgan fingerprint density at radius 3 is 3.00 bits per heavy atom. The first-order valence-corrected chi connectivity index (χ1v) is 5.00. The number of carbonyl (C=O) groups excluding carboxylic acids is 1. The topological polar surface area (TPSA) is 50.4 Å². The van der Waals surface area contributed by atoms with E-state index < -0.39 is 0 Å². The number of ether oxygens (including phenoxy) is 1. The molecule has 4 nitrogen and oxygen atoms in total. The highest BCUT2D eigenvalue weighted by Crippen LogP contribution is 2.18. The first-order chi connectivity index (χ1) is 6.34. The minimum atomic E-state index is -0.256. The lowest BCUT2D eigenvalue weighted by Gasteiger charge is -2.24. The van der Waals surface area contributed by atoms with Crippen LogP contribution in [-0.2, 0) is 4.74 Å². The van der Waals surface area contributed by atoms with Gasteiger partial charge in [0.1, 0.15) is 6.10 Å². The van der Waals surface area contributed by atoms with E-state index in [2.05, 4.69) is 10.6 Å². The highest BCUT2D eigenvalue weighted by molar-refractivity contribution is 5.69. The van der Waals surface area contributed by atoms with Crippen LogP contribution in [0.1, 0.15) is 19.3 Å². The summed E-state index contributed by atoms with van der Waals surface area (Å²) in [6.07, 6.45) is 3.37. The van der Waals surface area contributed by atoms with E-state index in [-0.39, 0.29) is 12.2 Å². The monoisotopic (exact) mass is 184 g/mol. The van der Waals surface area contributed by atoms with E-state index in [0.717, 1.165) is 19.5 Å². The van der Waals surface area contributed by atoms with E-state index in [9.17, 15) is 4.79 Å². The second-order valence-electron chi connectivity index (χ2n) is 3.86. The van der Waals surface area contributed by atoms with E-state index in [4.69, 9.17) is 4.74 Å². The van der Waals surface area contributed by atoms with Gasteiger partial charge in [-0.05, 0) is 38.3 Å². The van der Waals surface area contributed by atoms with Crippen LogP contribution in [0.25, 0.3) is 0 Å². The predicted octanol–water partition coefficient (Wildman–Crippen LogP) is 0.484. The van der Waals surface area contributed by atoms with E-state index in [1.165, 1.54) is 12.8 Å². The maximum Gasteiger partial charge on any atom is 0.407 e. The highest BCUT2D eigenvalue weighted by Gasteiger charge is 2.26. The van der Waals surface area contributed by atoms with Gasteiger partial charge in [0.25, 0.3) is 0 Å². The number of cyclic esters (lactones) is 1. The third-order valence-corrected chi connectivity index (χ3v) is 2.74. The molecule has 2 atom stereocenters. The molecule has 2 rings (SSSR count). The number of rotatable bonds is 2. The van der Waals surface area contributed by atoms with Crippen LogP contribution in [0.4, 0.5) is 4.79 Å². The van der Waals surface area contributed by atoms with Gasteiger partial charge in [0, 0.05) is 0 Å². The van der Waals surface area contributed by atoms with Crippen molar-refractivity contribution in [1.29, 1.82) is 0 Å².